The van der Waals surface area contributed by atoms with Gasteiger partial charge in [0.2, 0.25) is 0 Å². The highest BCUT2D eigenvalue weighted by atomic mass is 28.3. The fourth-order valence-electron chi connectivity index (χ4n) is 2.08. The molecule has 0 bridgehead atoms. The lowest BCUT2D eigenvalue weighted by atomic mass is 10.4. The van der Waals surface area contributed by atoms with Crippen molar-refractivity contribution in [2.45, 2.75) is 0 Å². The SMILES string of the molecule is C=C[Si](c1ccccc1)(N(C)C)N(C)C. The zero-order valence-electron chi connectivity index (χ0n) is 10.1. The lowest BCUT2D eigenvalue weighted by Crippen LogP contribution is -2.67. The standard InChI is InChI=1S/C12H20N2Si/c1-6-15(13(2)3,14(4)5)12-10-8-7-9-11-12/h6-11H,1H2,2-5H3. The van der Waals surface area contributed by atoms with Crippen molar-refractivity contribution in [2.24, 2.45) is 0 Å². The van der Waals surface area contributed by atoms with Gasteiger partial charge in [-0.3, -0.25) is 0 Å². The molecule has 0 N–H and O–H groups in total. The maximum atomic E-state index is 4.03. The minimum atomic E-state index is -1.87. The molecule has 0 heterocycles. The van der Waals surface area contributed by atoms with E-state index in [0.29, 0.717) is 0 Å². The Morgan fingerprint density at radius 2 is 1.47 bits per heavy atom. The van der Waals surface area contributed by atoms with E-state index in [1.54, 1.807) is 0 Å². The molecule has 0 amide bonds. The smallest absolute Gasteiger partial charge is 0.264 e. The van der Waals surface area contributed by atoms with Crippen LogP contribution in [0.4, 0.5) is 0 Å². The maximum absolute atomic E-state index is 4.03. The Bertz CT molecular complexity index is 312. The van der Waals surface area contributed by atoms with Gasteiger partial charge in [0, 0.05) is 0 Å². The quantitative estimate of drug-likeness (QED) is 0.703. The summed E-state index contributed by atoms with van der Waals surface area (Å²) < 4.78 is 4.60. The van der Waals surface area contributed by atoms with E-state index < -0.39 is 8.40 Å². The van der Waals surface area contributed by atoms with Gasteiger partial charge in [-0.05, 0) is 33.4 Å². The van der Waals surface area contributed by atoms with E-state index in [-0.39, 0.29) is 0 Å². The molecule has 1 aromatic carbocycles. The Kier molecular flexibility index (Phi) is 3.85. The third-order valence-electron chi connectivity index (χ3n) is 2.85. The monoisotopic (exact) mass is 220 g/mol. The van der Waals surface area contributed by atoms with Crippen molar-refractivity contribution in [2.75, 3.05) is 28.2 Å². The molecule has 0 aliphatic rings. The third kappa shape index (κ3) is 2.04. The normalized spacial score (nSPS) is 12.1. The van der Waals surface area contributed by atoms with Gasteiger partial charge < -0.3 is 9.13 Å². The molecule has 0 unspecified atom stereocenters. The average molecular weight is 220 g/mol. The Hall–Kier alpha value is -0.903. The summed E-state index contributed by atoms with van der Waals surface area (Å²) in [7, 11) is 6.63. The molecule has 2 nitrogen and oxygen atoms in total. The van der Waals surface area contributed by atoms with Crippen molar-refractivity contribution in [3.05, 3.63) is 42.6 Å². The Morgan fingerprint density at radius 1 is 1.00 bits per heavy atom. The molecule has 1 rings (SSSR count). The van der Waals surface area contributed by atoms with Gasteiger partial charge in [-0.2, -0.15) is 0 Å². The van der Waals surface area contributed by atoms with Crippen molar-refractivity contribution >= 4 is 13.6 Å². The summed E-state index contributed by atoms with van der Waals surface area (Å²) in [5, 5.41) is 1.37. The van der Waals surface area contributed by atoms with Gasteiger partial charge in [0.05, 0.1) is 0 Å². The molecule has 1 aromatic rings. The van der Waals surface area contributed by atoms with Crippen LogP contribution < -0.4 is 5.19 Å². The summed E-state index contributed by atoms with van der Waals surface area (Å²) in [6.45, 7) is 4.03. The largest absolute Gasteiger partial charge is 0.311 e. The summed E-state index contributed by atoms with van der Waals surface area (Å²) >= 11 is 0. The molecule has 0 spiro atoms. The molecule has 0 radical (unpaired) electrons. The molecular formula is C12H20N2Si. The molecule has 82 valence electrons. The summed E-state index contributed by atoms with van der Waals surface area (Å²) in [4.78, 5) is 0. The first-order valence-corrected chi connectivity index (χ1v) is 7.07. The van der Waals surface area contributed by atoms with Crippen molar-refractivity contribution < 1.29 is 0 Å². The fourth-order valence-corrected chi connectivity index (χ4v) is 5.56. The van der Waals surface area contributed by atoms with E-state index >= 15 is 0 Å². The van der Waals surface area contributed by atoms with Crippen LogP contribution in [-0.2, 0) is 0 Å². The first-order chi connectivity index (χ1) is 7.05. The molecule has 0 saturated carbocycles. The number of nitrogens with zero attached hydrogens (tertiary/aromatic N) is 2. The van der Waals surface area contributed by atoms with Gasteiger partial charge in [0.25, 0.3) is 8.40 Å². The van der Waals surface area contributed by atoms with Crippen molar-refractivity contribution in [3.8, 4) is 0 Å². The first-order valence-electron chi connectivity index (χ1n) is 5.09. The lowest BCUT2D eigenvalue weighted by Gasteiger charge is -2.40. The van der Waals surface area contributed by atoms with E-state index in [1.165, 1.54) is 5.19 Å². The molecule has 0 aromatic heterocycles. The molecule has 0 aliphatic heterocycles. The first kappa shape index (κ1) is 12.2. The van der Waals surface area contributed by atoms with E-state index in [0.717, 1.165) is 0 Å². The van der Waals surface area contributed by atoms with Gasteiger partial charge in [0.15, 0.2) is 0 Å². The topological polar surface area (TPSA) is 6.48 Å². The van der Waals surface area contributed by atoms with Gasteiger partial charge in [0.1, 0.15) is 0 Å². The predicted octanol–water partition coefficient (Wildman–Crippen LogP) is 1.18. The van der Waals surface area contributed by atoms with Crippen LogP contribution >= 0.6 is 0 Å². The third-order valence-corrected chi connectivity index (χ3v) is 7.33. The Balaban J connectivity index is 3.28. The molecule has 15 heavy (non-hydrogen) atoms. The minimum absolute atomic E-state index is 1.37. The number of hydrogen-bond donors (Lipinski definition) is 0. The van der Waals surface area contributed by atoms with Crippen LogP contribution in [0.1, 0.15) is 0 Å². The van der Waals surface area contributed by atoms with Crippen molar-refractivity contribution in [3.63, 3.8) is 0 Å². The Morgan fingerprint density at radius 3 is 1.80 bits per heavy atom. The summed E-state index contributed by atoms with van der Waals surface area (Å²) in [6.07, 6.45) is 0. The maximum Gasteiger partial charge on any atom is 0.264 e. The van der Waals surface area contributed by atoms with Gasteiger partial charge in [-0.15, -0.1) is 6.58 Å². The summed E-state index contributed by atoms with van der Waals surface area (Å²) in [6, 6.07) is 10.6. The van der Waals surface area contributed by atoms with Crippen LogP contribution in [0.3, 0.4) is 0 Å². The van der Waals surface area contributed by atoms with Gasteiger partial charge in [-0.25, -0.2) is 0 Å². The van der Waals surface area contributed by atoms with Crippen LogP contribution in [0.25, 0.3) is 0 Å². The molecule has 0 aliphatic carbocycles. The fraction of sp³-hybridized carbons (Fsp3) is 0.333. The van der Waals surface area contributed by atoms with Gasteiger partial charge >= 0.3 is 0 Å². The van der Waals surface area contributed by atoms with Crippen LogP contribution in [0.5, 0.6) is 0 Å². The summed E-state index contributed by atoms with van der Waals surface area (Å²) in [5.41, 5.74) is 2.11. The lowest BCUT2D eigenvalue weighted by molar-refractivity contribution is 0.510. The number of benzene rings is 1. The summed E-state index contributed by atoms with van der Waals surface area (Å²) in [5.74, 6) is 0. The number of hydrogen-bond acceptors (Lipinski definition) is 2. The van der Waals surface area contributed by atoms with Gasteiger partial charge in [-0.1, -0.05) is 36.0 Å². The Labute approximate surface area is 94.0 Å². The van der Waals surface area contributed by atoms with Crippen LogP contribution in [0.15, 0.2) is 42.6 Å². The minimum Gasteiger partial charge on any atom is -0.311 e. The zero-order valence-corrected chi connectivity index (χ0v) is 11.1. The molecule has 0 atom stereocenters. The number of rotatable bonds is 4. The van der Waals surface area contributed by atoms with Crippen molar-refractivity contribution in [1.82, 2.24) is 9.13 Å². The molecular weight excluding hydrogens is 200 g/mol. The second kappa shape index (κ2) is 4.75. The van der Waals surface area contributed by atoms with Crippen LogP contribution in [-0.4, -0.2) is 45.7 Å². The second-order valence-electron chi connectivity index (χ2n) is 4.09. The second-order valence-corrected chi connectivity index (χ2v) is 8.31. The molecule has 0 fully saturated rings. The predicted molar refractivity (Wildman–Crippen MR) is 69.4 cm³/mol. The van der Waals surface area contributed by atoms with E-state index in [9.17, 15) is 0 Å². The van der Waals surface area contributed by atoms with E-state index in [4.69, 9.17) is 0 Å². The average Bonchev–Trinajstić information content (AvgIpc) is 2.20. The molecule has 3 heteroatoms. The van der Waals surface area contributed by atoms with Crippen LogP contribution in [0.2, 0.25) is 0 Å². The van der Waals surface area contributed by atoms with E-state index in [1.807, 2.05) is 0 Å². The molecule has 0 saturated heterocycles. The highest BCUT2D eigenvalue weighted by Crippen LogP contribution is 2.11. The zero-order chi connectivity index (χ0) is 11.5. The highest BCUT2D eigenvalue weighted by molar-refractivity contribution is 6.91. The van der Waals surface area contributed by atoms with Crippen LogP contribution in [0, 0.1) is 0 Å². The van der Waals surface area contributed by atoms with Crippen molar-refractivity contribution in [1.29, 1.82) is 0 Å². The highest BCUT2D eigenvalue weighted by Gasteiger charge is 2.37. The van der Waals surface area contributed by atoms with E-state index in [2.05, 4.69) is 79.9 Å².